The highest BCUT2D eigenvalue weighted by molar-refractivity contribution is 5.99. The summed E-state index contributed by atoms with van der Waals surface area (Å²) in [5.74, 6) is -2.11. The van der Waals surface area contributed by atoms with Crippen molar-refractivity contribution < 1.29 is 52.6 Å². The van der Waals surface area contributed by atoms with Crippen LogP contribution in [0.5, 0.6) is 0 Å². The van der Waals surface area contributed by atoms with Crippen LogP contribution in [0.2, 0.25) is 0 Å². The molecule has 3 saturated heterocycles. The van der Waals surface area contributed by atoms with E-state index in [4.69, 9.17) is 37.9 Å². The number of carbonyl (C=O) groups excluding carboxylic acids is 2. The first-order chi connectivity index (χ1) is 27.9. The lowest BCUT2D eigenvalue weighted by molar-refractivity contribution is -0.314. The largest absolute Gasteiger partial charge is 0.462 e. The molecule has 0 radical (unpaired) electrons. The normalized spacial score (nSPS) is 45.1. The summed E-state index contributed by atoms with van der Waals surface area (Å²) in [6.45, 7) is 8.01. The molecule has 4 heterocycles. The Labute approximate surface area is 343 Å². The summed E-state index contributed by atoms with van der Waals surface area (Å²) >= 11 is 0. The van der Waals surface area contributed by atoms with E-state index in [2.05, 4.69) is 42.3 Å². The summed E-state index contributed by atoms with van der Waals surface area (Å²) in [6, 6.07) is -0.157. The molecule has 5 fully saturated rings. The molecule has 15 heteroatoms. The number of allylic oxidation sites excluding steroid dienone is 2. The minimum Gasteiger partial charge on any atom is -0.462 e. The second-order valence-corrected chi connectivity index (χ2v) is 18.0. The monoisotopic (exact) mass is 816 g/mol. The van der Waals surface area contributed by atoms with Crippen LogP contribution in [0, 0.1) is 35.5 Å². The minimum absolute atomic E-state index is 0.00348. The number of aliphatic hydroxyl groups excluding tert-OH is 1. The highest BCUT2D eigenvalue weighted by Crippen LogP contribution is 2.60. The summed E-state index contributed by atoms with van der Waals surface area (Å²) < 4.78 is 51.7. The van der Waals surface area contributed by atoms with Gasteiger partial charge in [0.15, 0.2) is 18.4 Å². The van der Waals surface area contributed by atoms with Gasteiger partial charge in [-0.15, -0.1) is 5.10 Å². The lowest BCUT2D eigenvalue weighted by Gasteiger charge is -2.46. The molecule has 2 saturated carbocycles. The summed E-state index contributed by atoms with van der Waals surface area (Å²) in [4.78, 5) is 31.0. The van der Waals surface area contributed by atoms with Gasteiger partial charge in [-0.1, -0.05) is 25.1 Å². The Morgan fingerprint density at radius 2 is 1.66 bits per heavy atom. The van der Waals surface area contributed by atoms with Crippen LogP contribution >= 0.6 is 0 Å². The molecule has 3 aliphatic carbocycles. The Balaban J connectivity index is 1.19. The van der Waals surface area contributed by atoms with Gasteiger partial charge in [-0.2, -0.15) is 0 Å². The van der Waals surface area contributed by atoms with Gasteiger partial charge in [0.1, 0.15) is 24.4 Å². The van der Waals surface area contributed by atoms with Gasteiger partial charge in [-0.05, 0) is 103 Å². The third-order valence-electron chi connectivity index (χ3n) is 14.6. The van der Waals surface area contributed by atoms with Crippen LogP contribution in [0.4, 0.5) is 0 Å². The van der Waals surface area contributed by atoms with E-state index in [0.717, 1.165) is 19.3 Å². The average Bonchev–Trinajstić information content (AvgIpc) is 3.96. The fourth-order valence-corrected chi connectivity index (χ4v) is 11.7. The van der Waals surface area contributed by atoms with Crippen molar-refractivity contribution in [1.82, 2.24) is 19.9 Å². The number of fused-ring (bicyclic) bond motifs is 5. The van der Waals surface area contributed by atoms with Crippen LogP contribution in [-0.4, -0.2) is 146 Å². The van der Waals surface area contributed by atoms with E-state index in [1.54, 1.807) is 38.4 Å². The second kappa shape index (κ2) is 18.7. The predicted octanol–water partition coefficient (Wildman–Crippen LogP) is 4.12. The molecule has 0 aromatic carbocycles. The fraction of sp³-hybridized carbons (Fsp3) is 0.860. The standard InChI is InChI=1S/C43H68N4O11/c1-10-25-12-11-13-33(58-35-15-14-32(46(5)6)23(3)54-35)22(2)38(49)31-20-28-27-18-26(57-43-42(53-9)41(52-8)40(51-7)24(4)55-43)19-30(27)37(47-17-16-44-45-47)39(50)36(28)29(31)21-34(48)56-25/h16-17,20,22-30,32-33,35-37,39-43,50H,10-15,18-19,21H2,1-9H3/t22-,23?,24?,25+,26+,27+,28+,29-,30-,32+,33+,35+,36-,37?,39?,40+,41?,42+,43+/m1/s1. The quantitative estimate of drug-likeness (QED) is 0.336. The predicted molar refractivity (Wildman–Crippen MR) is 210 cm³/mol. The molecule has 58 heavy (non-hydrogen) atoms. The van der Waals surface area contributed by atoms with Crippen molar-refractivity contribution in [1.29, 1.82) is 0 Å². The van der Waals surface area contributed by atoms with Gasteiger partial charge in [0.25, 0.3) is 0 Å². The van der Waals surface area contributed by atoms with Crippen molar-refractivity contribution in [2.45, 2.75) is 165 Å². The molecule has 0 amide bonds. The van der Waals surface area contributed by atoms with Gasteiger partial charge in [0, 0.05) is 51.3 Å². The number of esters is 1. The number of Topliss-reactive ketones (excluding diaryl/α,β-unsaturated/α-hetero) is 1. The molecule has 0 bridgehead atoms. The van der Waals surface area contributed by atoms with Crippen molar-refractivity contribution >= 4 is 11.8 Å². The van der Waals surface area contributed by atoms with E-state index in [9.17, 15) is 14.7 Å². The first kappa shape index (κ1) is 43.7. The van der Waals surface area contributed by atoms with Crippen LogP contribution in [0.3, 0.4) is 0 Å². The van der Waals surface area contributed by atoms with Crippen molar-refractivity contribution in [3.8, 4) is 0 Å². The highest BCUT2D eigenvalue weighted by atomic mass is 16.7. The Hall–Kier alpha value is -2.34. The number of aliphatic hydroxyl groups is 1. The number of aromatic nitrogens is 3. The van der Waals surface area contributed by atoms with E-state index in [-0.39, 0.29) is 72.6 Å². The van der Waals surface area contributed by atoms with Crippen molar-refractivity contribution in [2.24, 2.45) is 35.5 Å². The van der Waals surface area contributed by atoms with Gasteiger partial charge in [-0.3, -0.25) is 9.59 Å². The third kappa shape index (κ3) is 8.58. The maximum absolute atomic E-state index is 15.0. The van der Waals surface area contributed by atoms with E-state index in [1.807, 2.05) is 20.8 Å². The molecule has 1 aromatic rings. The number of hydrogen-bond donors (Lipinski definition) is 1. The Bertz CT molecular complexity index is 1560. The van der Waals surface area contributed by atoms with Crippen LogP contribution in [-0.2, 0) is 47.5 Å². The Morgan fingerprint density at radius 1 is 0.914 bits per heavy atom. The zero-order chi connectivity index (χ0) is 41.4. The third-order valence-corrected chi connectivity index (χ3v) is 14.6. The second-order valence-electron chi connectivity index (χ2n) is 18.0. The Kier molecular flexibility index (Phi) is 14.1. The molecule has 6 aliphatic rings. The van der Waals surface area contributed by atoms with Gasteiger partial charge in [-0.25, -0.2) is 4.68 Å². The molecule has 1 aromatic heterocycles. The van der Waals surface area contributed by atoms with Crippen LogP contribution in [0.1, 0.15) is 91.5 Å². The highest BCUT2D eigenvalue weighted by Gasteiger charge is 2.60. The summed E-state index contributed by atoms with van der Waals surface area (Å²) in [5.41, 5.74) is 0.589. The average molecular weight is 817 g/mol. The number of rotatable bonds is 10. The summed E-state index contributed by atoms with van der Waals surface area (Å²) in [6.07, 6.45) is 6.66. The summed E-state index contributed by atoms with van der Waals surface area (Å²) in [7, 11) is 9.03. The van der Waals surface area contributed by atoms with Crippen LogP contribution in [0.25, 0.3) is 0 Å². The van der Waals surface area contributed by atoms with E-state index >= 15 is 0 Å². The first-order valence-corrected chi connectivity index (χ1v) is 21.7. The SMILES string of the molecule is CC[C@H]1CCC[C@H](O[C@H]2CC[C@H](N(C)C)C(C)O2)[C@@H](C)C(=O)C2=C[C@H]3[C@@H]4C[C@H](O[C@@H]5OC(C)[C@H](OC)C(OC)[C@@H]5OC)C[C@H]4C(n4ccnn4)C(O)[C@H]3[C@@H]2CC(=O)O1. The molecule has 7 rings (SSSR count). The van der Waals surface area contributed by atoms with Gasteiger partial charge < -0.3 is 47.9 Å². The van der Waals surface area contributed by atoms with Gasteiger partial charge in [0.2, 0.25) is 0 Å². The zero-order valence-corrected chi connectivity index (χ0v) is 35.9. The smallest absolute Gasteiger partial charge is 0.306 e. The van der Waals surface area contributed by atoms with Crippen molar-refractivity contribution in [3.05, 3.63) is 24.0 Å². The number of hydrogen-bond acceptors (Lipinski definition) is 14. The molecular weight excluding hydrogens is 748 g/mol. The molecule has 1 N–H and O–H groups in total. The zero-order valence-electron chi connectivity index (χ0n) is 35.9. The molecule has 326 valence electrons. The van der Waals surface area contributed by atoms with E-state index in [0.29, 0.717) is 43.7 Å². The van der Waals surface area contributed by atoms with Crippen molar-refractivity contribution in [3.63, 3.8) is 0 Å². The molecule has 0 spiro atoms. The Morgan fingerprint density at radius 3 is 2.31 bits per heavy atom. The fourth-order valence-electron chi connectivity index (χ4n) is 11.7. The molecule has 3 aliphatic heterocycles. The molecule has 19 atom stereocenters. The molecule has 15 nitrogen and oxygen atoms in total. The lowest BCUT2D eigenvalue weighted by atomic mass is 9.62. The minimum atomic E-state index is -0.928. The lowest BCUT2D eigenvalue weighted by Crippen LogP contribution is -2.59. The number of ketones is 1. The topological polar surface area (TPSA) is 162 Å². The van der Waals surface area contributed by atoms with Gasteiger partial charge in [0.05, 0.1) is 49.2 Å². The van der Waals surface area contributed by atoms with Crippen molar-refractivity contribution in [2.75, 3.05) is 35.4 Å². The van der Waals surface area contributed by atoms with Crippen LogP contribution < -0.4 is 0 Å². The maximum atomic E-state index is 15.0. The first-order valence-electron chi connectivity index (χ1n) is 21.7. The van der Waals surface area contributed by atoms with Crippen LogP contribution in [0.15, 0.2) is 24.0 Å². The van der Waals surface area contributed by atoms with E-state index in [1.165, 1.54) is 0 Å². The number of ether oxygens (including phenoxy) is 8. The maximum Gasteiger partial charge on any atom is 0.306 e. The molecular formula is C43H68N4O11. The number of likely N-dealkylation sites (N-methyl/N-ethyl adjacent to an activating group) is 1. The number of cyclic esters (lactones) is 1. The van der Waals surface area contributed by atoms with E-state index < -0.39 is 54.7 Å². The van der Waals surface area contributed by atoms with Gasteiger partial charge >= 0.3 is 5.97 Å². The number of nitrogens with zero attached hydrogens (tertiary/aromatic N) is 4. The number of carbonyl (C=O) groups is 2. The number of methoxy groups -OCH3 is 3. The summed E-state index contributed by atoms with van der Waals surface area (Å²) in [5, 5.41) is 21.1. The molecule has 5 unspecified atom stereocenters.